The Morgan fingerprint density at radius 1 is 1.07 bits per heavy atom. The van der Waals surface area contributed by atoms with Gasteiger partial charge in [-0.05, 0) is 43.2 Å². The maximum Gasteiger partial charge on any atom is 0.255 e. The number of carbonyl (C=O) groups is 1. The van der Waals surface area contributed by atoms with Gasteiger partial charge in [0.25, 0.3) is 5.91 Å². The van der Waals surface area contributed by atoms with E-state index in [-0.39, 0.29) is 5.56 Å². The van der Waals surface area contributed by atoms with Crippen LogP contribution in [0.4, 0.5) is 10.1 Å². The van der Waals surface area contributed by atoms with Crippen LogP contribution >= 0.6 is 0 Å². The highest BCUT2D eigenvalue weighted by molar-refractivity contribution is 7.89. The molecule has 3 rings (SSSR count). The number of nitrogens with zero attached hydrogens (tertiary/aromatic N) is 1. The second-order valence-corrected chi connectivity index (χ2v) is 8.52. The Bertz CT molecular complexity index is 954. The van der Waals surface area contributed by atoms with Gasteiger partial charge in [0.1, 0.15) is 16.5 Å². The van der Waals surface area contributed by atoms with Gasteiger partial charge >= 0.3 is 0 Å². The van der Waals surface area contributed by atoms with Gasteiger partial charge in [-0.2, -0.15) is 4.31 Å². The van der Waals surface area contributed by atoms with E-state index in [1.54, 1.807) is 24.3 Å². The molecule has 28 heavy (non-hydrogen) atoms. The molecule has 150 valence electrons. The van der Waals surface area contributed by atoms with Crippen LogP contribution < -0.4 is 10.1 Å². The molecule has 2 aromatic rings. The van der Waals surface area contributed by atoms with E-state index < -0.39 is 26.6 Å². The lowest BCUT2D eigenvalue weighted by atomic mass is 10.2. The van der Waals surface area contributed by atoms with Crippen LogP contribution in [0.15, 0.2) is 47.4 Å². The molecule has 6 nitrogen and oxygen atoms in total. The van der Waals surface area contributed by atoms with Crippen molar-refractivity contribution < 1.29 is 22.3 Å². The Labute approximate surface area is 164 Å². The molecule has 2 aromatic carbocycles. The van der Waals surface area contributed by atoms with E-state index in [1.165, 1.54) is 17.5 Å². The molecule has 1 aliphatic heterocycles. The molecule has 1 heterocycles. The highest BCUT2D eigenvalue weighted by atomic mass is 32.2. The maximum absolute atomic E-state index is 14.4. The zero-order chi connectivity index (χ0) is 20.1. The highest BCUT2D eigenvalue weighted by Crippen LogP contribution is 2.26. The molecule has 0 unspecified atom stereocenters. The van der Waals surface area contributed by atoms with Crippen molar-refractivity contribution in [3.63, 3.8) is 0 Å². The highest BCUT2D eigenvalue weighted by Gasteiger charge is 2.29. The molecule has 0 saturated carbocycles. The number of benzene rings is 2. The predicted octanol–water partition coefficient (Wildman–Crippen LogP) is 3.65. The summed E-state index contributed by atoms with van der Waals surface area (Å²) in [6.45, 7) is 0.721. The summed E-state index contributed by atoms with van der Waals surface area (Å²) < 4.78 is 46.7. The minimum Gasteiger partial charge on any atom is -0.495 e. The number of carbonyl (C=O) groups excluding carboxylic acids is 1. The van der Waals surface area contributed by atoms with E-state index in [1.807, 2.05) is 0 Å². The van der Waals surface area contributed by atoms with Gasteiger partial charge in [0.2, 0.25) is 10.0 Å². The third-order valence-electron chi connectivity index (χ3n) is 4.73. The van der Waals surface area contributed by atoms with Gasteiger partial charge in [-0.1, -0.05) is 25.0 Å². The quantitative estimate of drug-likeness (QED) is 0.822. The Morgan fingerprint density at radius 3 is 2.43 bits per heavy atom. The Hall–Kier alpha value is -2.45. The van der Waals surface area contributed by atoms with E-state index in [4.69, 9.17) is 4.74 Å². The predicted molar refractivity (Wildman–Crippen MR) is 105 cm³/mol. The third-order valence-corrected chi connectivity index (χ3v) is 6.65. The molecule has 0 bridgehead atoms. The van der Waals surface area contributed by atoms with Gasteiger partial charge in [-0.25, -0.2) is 12.8 Å². The van der Waals surface area contributed by atoms with Crippen molar-refractivity contribution in [2.24, 2.45) is 0 Å². The van der Waals surface area contributed by atoms with Crippen LogP contribution in [0.2, 0.25) is 0 Å². The molecule has 1 N–H and O–H groups in total. The number of hydrogen-bond acceptors (Lipinski definition) is 4. The first-order valence-electron chi connectivity index (χ1n) is 9.17. The molecule has 1 aliphatic rings. The number of methoxy groups -OCH3 is 1. The summed E-state index contributed by atoms with van der Waals surface area (Å²) in [4.78, 5) is 12.1. The fourth-order valence-electron chi connectivity index (χ4n) is 3.21. The van der Waals surface area contributed by atoms with Crippen LogP contribution in [0.1, 0.15) is 36.0 Å². The van der Waals surface area contributed by atoms with Crippen molar-refractivity contribution >= 4 is 21.6 Å². The topological polar surface area (TPSA) is 75.7 Å². The maximum atomic E-state index is 14.4. The molecule has 0 aromatic heterocycles. The summed E-state index contributed by atoms with van der Waals surface area (Å²) >= 11 is 0. The Kier molecular flexibility index (Phi) is 6.31. The lowest BCUT2D eigenvalue weighted by Gasteiger charge is -2.20. The largest absolute Gasteiger partial charge is 0.495 e. The molecule has 1 fully saturated rings. The lowest BCUT2D eigenvalue weighted by molar-refractivity contribution is 0.102. The summed E-state index contributed by atoms with van der Waals surface area (Å²) in [6, 6.07) is 10.2. The first-order valence-corrected chi connectivity index (χ1v) is 10.6. The average molecular weight is 406 g/mol. The standard InChI is InChI=1S/C20H23FN2O4S/c1-27-18-9-5-4-8-17(18)22-20(24)15-10-11-16(21)19(14-15)28(25,26)23-12-6-2-3-7-13-23/h4-5,8-11,14H,2-3,6-7,12-13H2,1H3,(H,22,24). The summed E-state index contributed by atoms with van der Waals surface area (Å²) in [5, 5.41) is 2.67. The fourth-order valence-corrected chi connectivity index (χ4v) is 4.81. The van der Waals surface area contributed by atoms with Crippen molar-refractivity contribution in [1.29, 1.82) is 0 Å². The number of ether oxygens (including phenoxy) is 1. The van der Waals surface area contributed by atoms with Crippen molar-refractivity contribution in [2.75, 3.05) is 25.5 Å². The molecule has 8 heteroatoms. The van der Waals surface area contributed by atoms with Crippen molar-refractivity contribution in [3.8, 4) is 5.75 Å². The zero-order valence-corrected chi connectivity index (χ0v) is 16.5. The second kappa shape index (κ2) is 8.70. The van der Waals surface area contributed by atoms with Crippen LogP contribution in [0.25, 0.3) is 0 Å². The zero-order valence-electron chi connectivity index (χ0n) is 15.7. The van der Waals surface area contributed by atoms with Crippen LogP contribution in [-0.4, -0.2) is 38.8 Å². The minimum absolute atomic E-state index is 0.0562. The number of amides is 1. The van der Waals surface area contributed by atoms with Gasteiger partial charge in [-0.15, -0.1) is 0 Å². The summed E-state index contributed by atoms with van der Waals surface area (Å²) in [5.41, 5.74) is 0.497. The van der Waals surface area contributed by atoms with E-state index in [0.29, 0.717) is 24.5 Å². The Morgan fingerprint density at radius 2 is 1.75 bits per heavy atom. The molecular weight excluding hydrogens is 383 g/mol. The van der Waals surface area contributed by atoms with Crippen molar-refractivity contribution in [1.82, 2.24) is 4.31 Å². The molecular formula is C20H23FN2O4S. The third kappa shape index (κ3) is 4.34. The number of nitrogens with one attached hydrogen (secondary N) is 1. The molecule has 1 amide bonds. The van der Waals surface area contributed by atoms with E-state index in [9.17, 15) is 17.6 Å². The van der Waals surface area contributed by atoms with Crippen molar-refractivity contribution in [3.05, 3.63) is 53.8 Å². The number of para-hydroxylation sites is 2. The van der Waals surface area contributed by atoms with Gasteiger partial charge < -0.3 is 10.1 Å². The average Bonchev–Trinajstić information content (AvgIpc) is 2.98. The van der Waals surface area contributed by atoms with Crippen LogP contribution in [0, 0.1) is 5.82 Å². The molecule has 0 atom stereocenters. The number of anilines is 1. The number of sulfonamides is 1. The van der Waals surface area contributed by atoms with Gasteiger partial charge in [0.15, 0.2) is 0 Å². The van der Waals surface area contributed by atoms with Crippen LogP contribution in [-0.2, 0) is 10.0 Å². The lowest BCUT2D eigenvalue weighted by Crippen LogP contribution is -2.32. The van der Waals surface area contributed by atoms with Gasteiger partial charge in [-0.3, -0.25) is 4.79 Å². The number of rotatable bonds is 5. The van der Waals surface area contributed by atoms with E-state index >= 15 is 0 Å². The summed E-state index contributed by atoms with van der Waals surface area (Å²) in [7, 11) is -2.52. The van der Waals surface area contributed by atoms with Gasteiger partial charge in [0.05, 0.1) is 12.8 Å². The smallest absolute Gasteiger partial charge is 0.255 e. The Balaban J connectivity index is 1.89. The minimum atomic E-state index is -4.00. The number of halogens is 1. The monoisotopic (exact) mass is 406 g/mol. The molecule has 0 spiro atoms. The van der Waals surface area contributed by atoms with Crippen LogP contribution in [0.3, 0.4) is 0 Å². The normalized spacial score (nSPS) is 15.6. The molecule has 1 saturated heterocycles. The van der Waals surface area contributed by atoms with Crippen molar-refractivity contribution in [2.45, 2.75) is 30.6 Å². The summed E-state index contributed by atoms with van der Waals surface area (Å²) in [6.07, 6.45) is 3.40. The fraction of sp³-hybridized carbons (Fsp3) is 0.350. The molecule has 0 radical (unpaired) electrons. The second-order valence-electron chi connectivity index (χ2n) is 6.62. The van der Waals surface area contributed by atoms with E-state index in [0.717, 1.165) is 37.8 Å². The first-order chi connectivity index (χ1) is 13.4. The summed E-state index contributed by atoms with van der Waals surface area (Å²) in [5.74, 6) is -0.940. The van der Waals surface area contributed by atoms with Gasteiger partial charge in [0, 0.05) is 18.7 Å². The van der Waals surface area contributed by atoms with E-state index in [2.05, 4.69) is 5.32 Å². The SMILES string of the molecule is COc1ccccc1NC(=O)c1ccc(F)c(S(=O)(=O)N2CCCCCC2)c1. The first kappa shape index (κ1) is 20.3. The molecule has 0 aliphatic carbocycles. The van der Waals surface area contributed by atoms with Crippen LogP contribution in [0.5, 0.6) is 5.75 Å². The number of hydrogen-bond donors (Lipinski definition) is 1.